The van der Waals surface area contributed by atoms with Crippen LogP contribution < -0.4 is 4.74 Å². The molecule has 3 aliphatic carbocycles. The fourth-order valence-corrected chi connectivity index (χ4v) is 5.48. The summed E-state index contributed by atoms with van der Waals surface area (Å²) >= 11 is 0. The fourth-order valence-electron chi connectivity index (χ4n) is 5.48. The number of hydrogen-bond acceptors (Lipinski definition) is 3. The predicted molar refractivity (Wildman–Crippen MR) is 82.1 cm³/mol. The van der Waals surface area contributed by atoms with Crippen LogP contribution in [0.25, 0.3) is 0 Å². The molecule has 1 saturated carbocycles. The molecule has 3 heteroatoms. The lowest BCUT2D eigenvalue weighted by atomic mass is 9.58. The van der Waals surface area contributed by atoms with Crippen LogP contribution in [0.2, 0.25) is 0 Å². The number of phenolic OH excluding ortho intramolecular Hbond substituents is 1. The number of rotatable bonds is 0. The summed E-state index contributed by atoms with van der Waals surface area (Å²) in [6.45, 7) is 0. The molecule has 114 valence electrons. The SMILES string of the molecule is O=C1/C=C\C[C@@H]2CCCC3C2Cc2ccc(O)c4c2[C@H]3[C@H]1O4. The van der Waals surface area contributed by atoms with E-state index in [1.54, 1.807) is 12.1 Å². The van der Waals surface area contributed by atoms with Crippen molar-refractivity contribution in [3.63, 3.8) is 0 Å². The minimum Gasteiger partial charge on any atom is -0.504 e. The molecule has 0 spiro atoms. The van der Waals surface area contributed by atoms with Crippen LogP contribution in [-0.2, 0) is 11.2 Å². The van der Waals surface area contributed by atoms with Gasteiger partial charge < -0.3 is 9.84 Å². The number of hydrogen-bond donors (Lipinski definition) is 1. The first-order valence-corrected chi connectivity index (χ1v) is 8.46. The van der Waals surface area contributed by atoms with Gasteiger partial charge in [0.05, 0.1) is 0 Å². The zero-order valence-electron chi connectivity index (χ0n) is 12.5. The Hall–Kier alpha value is -1.77. The number of carbonyl (C=O) groups is 1. The van der Waals surface area contributed by atoms with E-state index >= 15 is 0 Å². The Balaban J connectivity index is 1.75. The van der Waals surface area contributed by atoms with E-state index in [1.807, 2.05) is 6.07 Å². The van der Waals surface area contributed by atoms with Crippen molar-refractivity contribution in [2.75, 3.05) is 0 Å². The number of carbonyl (C=O) groups excluding carboxylic acids is 1. The van der Waals surface area contributed by atoms with Crippen LogP contribution >= 0.6 is 0 Å². The Morgan fingerprint density at radius 2 is 2.09 bits per heavy atom. The van der Waals surface area contributed by atoms with E-state index in [1.165, 1.54) is 24.8 Å². The molecular formula is C19H20O3. The normalized spacial score (nSPS) is 39.5. The number of ketones is 1. The van der Waals surface area contributed by atoms with Gasteiger partial charge in [-0.25, -0.2) is 0 Å². The number of phenols is 1. The summed E-state index contributed by atoms with van der Waals surface area (Å²) in [7, 11) is 0. The highest BCUT2D eigenvalue weighted by Gasteiger charge is 2.52. The molecule has 1 aromatic rings. The van der Waals surface area contributed by atoms with E-state index < -0.39 is 6.10 Å². The molecule has 0 saturated heterocycles. The van der Waals surface area contributed by atoms with E-state index in [-0.39, 0.29) is 17.5 Å². The Labute approximate surface area is 130 Å². The predicted octanol–water partition coefficient (Wildman–Crippen LogP) is 3.35. The highest BCUT2D eigenvalue weighted by atomic mass is 16.5. The Kier molecular flexibility index (Phi) is 2.53. The third-order valence-electron chi connectivity index (χ3n) is 6.36. The molecule has 5 atom stereocenters. The van der Waals surface area contributed by atoms with Gasteiger partial charge in [-0.2, -0.15) is 0 Å². The van der Waals surface area contributed by atoms with Crippen molar-refractivity contribution >= 4 is 5.78 Å². The van der Waals surface area contributed by atoms with Gasteiger partial charge in [0, 0.05) is 11.5 Å². The van der Waals surface area contributed by atoms with Gasteiger partial charge in [-0.05, 0) is 61.1 Å². The molecule has 1 aliphatic heterocycles. The Morgan fingerprint density at radius 3 is 3.00 bits per heavy atom. The Bertz CT molecular complexity index is 690. The molecule has 22 heavy (non-hydrogen) atoms. The topological polar surface area (TPSA) is 46.5 Å². The average molecular weight is 296 g/mol. The van der Waals surface area contributed by atoms with Crippen LogP contribution in [-0.4, -0.2) is 17.0 Å². The first-order valence-electron chi connectivity index (χ1n) is 8.46. The van der Waals surface area contributed by atoms with Gasteiger partial charge in [-0.15, -0.1) is 0 Å². The third-order valence-corrected chi connectivity index (χ3v) is 6.36. The fraction of sp³-hybridized carbons (Fsp3) is 0.526. The lowest BCUT2D eigenvalue weighted by Crippen LogP contribution is -2.41. The molecule has 1 heterocycles. The van der Waals surface area contributed by atoms with Crippen LogP contribution in [0.3, 0.4) is 0 Å². The van der Waals surface area contributed by atoms with Crippen molar-refractivity contribution in [2.24, 2.45) is 17.8 Å². The lowest BCUT2D eigenvalue weighted by Gasteiger charge is -2.45. The van der Waals surface area contributed by atoms with E-state index in [2.05, 4.69) is 6.08 Å². The van der Waals surface area contributed by atoms with Crippen LogP contribution in [0.1, 0.15) is 42.7 Å². The first-order chi connectivity index (χ1) is 10.7. The molecule has 0 aromatic heterocycles. The third kappa shape index (κ3) is 1.54. The quantitative estimate of drug-likeness (QED) is 0.798. The number of benzene rings is 1. The van der Waals surface area contributed by atoms with Crippen LogP contribution in [0.4, 0.5) is 0 Å². The molecular weight excluding hydrogens is 276 g/mol. The summed E-state index contributed by atoms with van der Waals surface area (Å²) in [6.07, 6.45) is 9.17. The van der Waals surface area contributed by atoms with Crippen molar-refractivity contribution in [3.8, 4) is 11.5 Å². The van der Waals surface area contributed by atoms with Gasteiger partial charge in [0.25, 0.3) is 0 Å². The summed E-state index contributed by atoms with van der Waals surface area (Å²) in [5.41, 5.74) is 2.43. The van der Waals surface area contributed by atoms with Gasteiger partial charge in [-0.1, -0.05) is 18.6 Å². The molecule has 1 fully saturated rings. The second kappa shape index (κ2) is 4.37. The summed E-state index contributed by atoms with van der Waals surface area (Å²) in [4.78, 5) is 12.6. The molecule has 1 N–H and O–H groups in total. The number of allylic oxidation sites excluding steroid dienone is 1. The maximum absolute atomic E-state index is 12.6. The molecule has 4 bridgehead atoms. The van der Waals surface area contributed by atoms with Crippen molar-refractivity contribution in [1.29, 1.82) is 0 Å². The van der Waals surface area contributed by atoms with Gasteiger partial charge in [-0.3, -0.25) is 4.79 Å². The smallest absolute Gasteiger partial charge is 0.196 e. The summed E-state index contributed by atoms with van der Waals surface area (Å²) in [5.74, 6) is 2.86. The zero-order chi connectivity index (χ0) is 14.8. The minimum absolute atomic E-state index is 0.0692. The summed E-state index contributed by atoms with van der Waals surface area (Å²) < 4.78 is 5.99. The Morgan fingerprint density at radius 1 is 1.18 bits per heavy atom. The van der Waals surface area contributed by atoms with Gasteiger partial charge in [0.15, 0.2) is 23.4 Å². The standard InChI is InChI=1S/C19H20O3/c20-14-6-2-4-10-3-1-5-12-13(10)9-11-7-8-15(21)18-16(11)17(12)19(14)22-18/h2,6-8,10,12-13,17,19,21H,1,3-5,9H2/b6-2-/t10-,12?,13?,17-,19-/m0/s1. The molecule has 4 aliphatic rings. The van der Waals surface area contributed by atoms with Gasteiger partial charge in [0.2, 0.25) is 0 Å². The maximum Gasteiger partial charge on any atom is 0.196 e. The van der Waals surface area contributed by atoms with Crippen molar-refractivity contribution in [3.05, 3.63) is 35.4 Å². The van der Waals surface area contributed by atoms with Crippen LogP contribution in [0.5, 0.6) is 11.5 Å². The largest absolute Gasteiger partial charge is 0.504 e. The molecule has 2 unspecified atom stereocenters. The summed E-state index contributed by atoms with van der Waals surface area (Å²) in [5, 5.41) is 10.2. The zero-order valence-corrected chi connectivity index (χ0v) is 12.5. The second-order valence-corrected chi connectivity index (χ2v) is 7.31. The average Bonchev–Trinajstić information content (AvgIpc) is 2.93. The van der Waals surface area contributed by atoms with Crippen LogP contribution in [0.15, 0.2) is 24.3 Å². The molecule has 0 radical (unpaired) electrons. The molecule has 5 rings (SSSR count). The highest BCUT2D eigenvalue weighted by molar-refractivity contribution is 5.95. The highest BCUT2D eigenvalue weighted by Crippen LogP contribution is 2.58. The van der Waals surface area contributed by atoms with Crippen molar-refractivity contribution in [2.45, 2.75) is 44.1 Å². The van der Waals surface area contributed by atoms with Gasteiger partial charge >= 0.3 is 0 Å². The van der Waals surface area contributed by atoms with E-state index in [9.17, 15) is 9.90 Å². The van der Waals surface area contributed by atoms with Gasteiger partial charge in [0.1, 0.15) is 0 Å². The molecule has 3 nitrogen and oxygen atoms in total. The van der Waals surface area contributed by atoms with Crippen LogP contribution in [0, 0.1) is 17.8 Å². The summed E-state index contributed by atoms with van der Waals surface area (Å²) in [6, 6.07) is 3.78. The monoisotopic (exact) mass is 296 g/mol. The first kappa shape index (κ1) is 12.7. The van der Waals surface area contributed by atoms with Crippen molar-refractivity contribution < 1.29 is 14.6 Å². The van der Waals surface area contributed by atoms with E-state index in [0.29, 0.717) is 23.5 Å². The number of aromatic hydroxyl groups is 1. The van der Waals surface area contributed by atoms with E-state index in [4.69, 9.17) is 4.74 Å². The minimum atomic E-state index is -0.428. The maximum atomic E-state index is 12.6. The van der Waals surface area contributed by atoms with E-state index in [0.717, 1.165) is 18.4 Å². The number of ether oxygens (including phenoxy) is 1. The molecule has 1 aromatic carbocycles. The second-order valence-electron chi connectivity index (χ2n) is 7.31. The van der Waals surface area contributed by atoms with Crippen molar-refractivity contribution in [1.82, 2.24) is 0 Å². The lowest BCUT2D eigenvalue weighted by molar-refractivity contribution is -0.122. The molecule has 0 amide bonds.